The molecule has 38 heavy (non-hydrogen) atoms. The number of carbonyl (C=O) groups is 2. The van der Waals surface area contributed by atoms with Crippen LogP contribution in [0.25, 0.3) is 11.4 Å². The minimum atomic E-state index is -0.343. The van der Waals surface area contributed by atoms with Gasteiger partial charge in [-0.25, -0.2) is 0 Å². The molecule has 4 aromatic rings. The number of piperidine rings is 1. The Hall–Kier alpha value is -3.49. The van der Waals surface area contributed by atoms with Crippen molar-refractivity contribution in [2.45, 2.75) is 31.8 Å². The third kappa shape index (κ3) is 6.14. The topological polar surface area (TPSA) is 79.5 Å². The van der Waals surface area contributed by atoms with Gasteiger partial charge in [0.05, 0.1) is 0 Å². The van der Waals surface area contributed by atoms with E-state index in [1.54, 1.807) is 34.1 Å². The van der Waals surface area contributed by atoms with Gasteiger partial charge in [0.2, 0.25) is 17.6 Å². The van der Waals surface area contributed by atoms with Gasteiger partial charge in [-0.3, -0.25) is 9.59 Å². The molecule has 0 bridgehead atoms. The first kappa shape index (κ1) is 26.1. The van der Waals surface area contributed by atoms with Crippen LogP contribution in [-0.2, 0) is 11.3 Å². The van der Waals surface area contributed by atoms with Gasteiger partial charge in [-0.2, -0.15) is 4.98 Å². The number of nitrogens with zero attached hydrogens (tertiary/aromatic N) is 4. The molecule has 1 atom stereocenters. The van der Waals surface area contributed by atoms with Crippen molar-refractivity contribution in [2.24, 2.45) is 0 Å². The highest BCUT2D eigenvalue weighted by molar-refractivity contribution is 9.10. The van der Waals surface area contributed by atoms with Crippen LogP contribution in [0.2, 0.25) is 5.02 Å². The highest BCUT2D eigenvalue weighted by Gasteiger charge is 2.34. The standard InChI is InChI=1S/C29H26BrClN4O3/c30-23-10-6-9-22(17-23)29(37)34(18-20-7-2-1-3-8-20)19-26(36)35-16-5-4-11-25(35)28-32-27(33-38-28)21-12-14-24(31)15-13-21/h1-3,6-10,12-15,17,25H,4-5,11,16,18-19H2. The van der Waals surface area contributed by atoms with Crippen LogP contribution in [0.5, 0.6) is 0 Å². The second-order valence-electron chi connectivity index (χ2n) is 9.22. The lowest BCUT2D eigenvalue weighted by atomic mass is 10.0. The normalized spacial score (nSPS) is 15.3. The molecule has 0 spiro atoms. The quantitative estimate of drug-likeness (QED) is 0.243. The predicted octanol–water partition coefficient (Wildman–Crippen LogP) is 6.55. The molecule has 194 valence electrons. The predicted molar refractivity (Wildman–Crippen MR) is 148 cm³/mol. The van der Waals surface area contributed by atoms with Gasteiger partial charge in [-0.05, 0) is 67.3 Å². The Kier molecular flexibility index (Phi) is 8.20. The summed E-state index contributed by atoms with van der Waals surface area (Å²) in [5.74, 6) is 0.487. The minimum absolute atomic E-state index is 0.0606. The maximum absolute atomic E-state index is 13.7. The van der Waals surface area contributed by atoms with Crippen molar-refractivity contribution in [2.75, 3.05) is 13.1 Å². The number of hydrogen-bond acceptors (Lipinski definition) is 5. The fraction of sp³-hybridized carbons (Fsp3) is 0.241. The van der Waals surface area contributed by atoms with Crippen molar-refractivity contribution in [1.82, 2.24) is 19.9 Å². The summed E-state index contributed by atoms with van der Waals surface area (Å²) in [5, 5.41) is 4.77. The van der Waals surface area contributed by atoms with Crippen molar-refractivity contribution >= 4 is 39.3 Å². The summed E-state index contributed by atoms with van der Waals surface area (Å²) in [5.41, 5.74) is 2.25. The van der Waals surface area contributed by atoms with E-state index in [0.717, 1.165) is 28.4 Å². The minimum Gasteiger partial charge on any atom is -0.337 e. The van der Waals surface area contributed by atoms with Gasteiger partial charge in [0.25, 0.3) is 5.91 Å². The number of benzene rings is 3. The van der Waals surface area contributed by atoms with Crippen molar-refractivity contribution in [3.63, 3.8) is 0 Å². The van der Waals surface area contributed by atoms with Crippen molar-refractivity contribution in [1.29, 1.82) is 0 Å². The third-order valence-corrected chi connectivity index (χ3v) is 7.30. The molecule has 7 nitrogen and oxygen atoms in total. The fourth-order valence-corrected chi connectivity index (χ4v) is 5.16. The van der Waals surface area contributed by atoms with Crippen LogP contribution >= 0.6 is 27.5 Å². The van der Waals surface area contributed by atoms with Crippen molar-refractivity contribution in [3.05, 3.63) is 105 Å². The van der Waals surface area contributed by atoms with E-state index in [4.69, 9.17) is 16.1 Å². The largest absolute Gasteiger partial charge is 0.337 e. The SMILES string of the molecule is O=C(c1cccc(Br)c1)N(CC(=O)N1CCCCC1c1nc(-c2ccc(Cl)cc2)no1)Cc1ccccc1. The van der Waals surface area contributed by atoms with E-state index in [1.807, 2.05) is 54.6 Å². The average Bonchev–Trinajstić information content (AvgIpc) is 3.43. The maximum Gasteiger partial charge on any atom is 0.254 e. The van der Waals surface area contributed by atoms with Crippen LogP contribution in [0.4, 0.5) is 0 Å². The van der Waals surface area contributed by atoms with Gasteiger partial charge >= 0.3 is 0 Å². The third-order valence-electron chi connectivity index (χ3n) is 6.55. The van der Waals surface area contributed by atoms with Crippen LogP contribution in [0.3, 0.4) is 0 Å². The number of aromatic nitrogens is 2. The van der Waals surface area contributed by atoms with Gasteiger partial charge in [0.1, 0.15) is 12.6 Å². The number of carbonyl (C=O) groups excluding carboxylic acids is 2. The lowest BCUT2D eigenvalue weighted by molar-refractivity contribution is -0.136. The Morgan fingerprint density at radius 1 is 1.03 bits per heavy atom. The first-order valence-corrected chi connectivity index (χ1v) is 13.6. The van der Waals surface area contributed by atoms with Gasteiger partial charge in [0, 0.05) is 33.7 Å². The molecule has 1 fully saturated rings. The summed E-state index contributed by atoms with van der Waals surface area (Å²) < 4.78 is 6.43. The van der Waals surface area contributed by atoms with Gasteiger partial charge in [0.15, 0.2) is 0 Å². The monoisotopic (exact) mass is 592 g/mol. The second-order valence-corrected chi connectivity index (χ2v) is 10.6. The van der Waals surface area contributed by atoms with Gasteiger partial charge in [-0.1, -0.05) is 69.1 Å². The summed E-state index contributed by atoms with van der Waals surface area (Å²) in [7, 11) is 0. The van der Waals surface area contributed by atoms with E-state index in [2.05, 4.69) is 26.1 Å². The van der Waals surface area contributed by atoms with E-state index in [-0.39, 0.29) is 24.4 Å². The van der Waals surface area contributed by atoms with Crippen molar-refractivity contribution < 1.29 is 14.1 Å². The van der Waals surface area contributed by atoms with Gasteiger partial charge < -0.3 is 14.3 Å². The van der Waals surface area contributed by atoms with E-state index in [9.17, 15) is 9.59 Å². The van der Waals surface area contributed by atoms with Crippen LogP contribution < -0.4 is 0 Å². The molecular formula is C29H26BrClN4O3. The Morgan fingerprint density at radius 2 is 1.82 bits per heavy atom. The van der Waals surface area contributed by atoms with E-state index >= 15 is 0 Å². The summed E-state index contributed by atoms with van der Waals surface area (Å²) >= 11 is 9.44. The van der Waals surface area contributed by atoms with Crippen molar-refractivity contribution in [3.8, 4) is 11.4 Å². The van der Waals surface area contributed by atoms with Crippen LogP contribution in [0.15, 0.2) is 87.9 Å². The maximum atomic E-state index is 13.7. The molecule has 5 rings (SSSR count). The first-order chi connectivity index (χ1) is 18.5. The molecule has 1 aromatic heterocycles. The summed E-state index contributed by atoms with van der Waals surface area (Å²) in [4.78, 5) is 35.2. The number of hydrogen-bond donors (Lipinski definition) is 0. The van der Waals surface area contributed by atoms with Crippen LogP contribution in [-0.4, -0.2) is 44.8 Å². The van der Waals surface area contributed by atoms with Crippen LogP contribution in [0, 0.1) is 0 Å². The highest BCUT2D eigenvalue weighted by Crippen LogP contribution is 2.32. The zero-order chi connectivity index (χ0) is 26.5. The van der Waals surface area contributed by atoms with E-state index in [1.165, 1.54) is 0 Å². The molecule has 0 saturated carbocycles. The second kappa shape index (κ2) is 11.9. The molecular weight excluding hydrogens is 568 g/mol. The van der Waals surface area contributed by atoms with Crippen LogP contribution in [0.1, 0.15) is 47.1 Å². The average molecular weight is 594 g/mol. The molecule has 1 unspecified atom stereocenters. The highest BCUT2D eigenvalue weighted by atomic mass is 79.9. The van der Waals surface area contributed by atoms with E-state index < -0.39 is 0 Å². The lowest BCUT2D eigenvalue weighted by Crippen LogP contribution is -2.45. The fourth-order valence-electron chi connectivity index (χ4n) is 4.64. The summed E-state index contributed by atoms with van der Waals surface area (Å²) in [6, 6.07) is 23.7. The number of amides is 2. The number of rotatable bonds is 7. The zero-order valence-electron chi connectivity index (χ0n) is 20.6. The number of halogens is 2. The lowest BCUT2D eigenvalue weighted by Gasteiger charge is -2.35. The Morgan fingerprint density at radius 3 is 2.58 bits per heavy atom. The molecule has 1 saturated heterocycles. The molecule has 0 N–H and O–H groups in total. The molecule has 0 radical (unpaired) electrons. The zero-order valence-corrected chi connectivity index (χ0v) is 22.9. The molecule has 9 heteroatoms. The van der Waals surface area contributed by atoms with Gasteiger partial charge in [-0.15, -0.1) is 0 Å². The van der Waals surface area contributed by atoms with E-state index in [0.29, 0.717) is 41.8 Å². The Labute approximate surface area is 234 Å². The Balaban J connectivity index is 1.37. The molecule has 3 aromatic carbocycles. The summed E-state index contributed by atoms with van der Waals surface area (Å²) in [6.07, 6.45) is 2.53. The molecule has 1 aliphatic rings. The Bertz CT molecular complexity index is 1410. The molecule has 2 heterocycles. The number of likely N-dealkylation sites (tertiary alicyclic amines) is 1. The smallest absolute Gasteiger partial charge is 0.254 e. The first-order valence-electron chi connectivity index (χ1n) is 12.5. The molecule has 1 aliphatic heterocycles. The molecule has 2 amide bonds. The molecule has 0 aliphatic carbocycles. The summed E-state index contributed by atoms with van der Waals surface area (Å²) in [6.45, 7) is 0.818.